The fourth-order valence-corrected chi connectivity index (χ4v) is 3.58. The van der Waals surface area contributed by atoms with Crippen molar-refractivity contribution in [2.24, 2.45) is 5.41 Å². The highest BCUT2D eigenvalue weighted by atomic mass is 19.4. The van der Waals surface area contributed by atoms with Gasteiger partial charge in [0.1, 0.15) is 34.6 Å². The van der Waals surface area contributed by atoms with Crippen LogP contribution in [-0.2, 0) is 11.3 Å². The van der Waals surface area contributed by atoms with Crippen molar-refractivity contribution in [1.82, 2.24) is 24.7 Å². The van der Waals surface area contributed by atoms with Crippen LogP contribution < -0.4 is 11.1 Å². The van der Waals surface area contributed by atoms with Crippen molar-refractivity contribution < 1.29 is 26.8 Å². The highest BCUT2D eigenvalue weighted by Crippen LogP contribution is 2.58. The van der Waals surface area contributed by atoms with E-state index >= 15 is 0 Å². The monoisotopic (exact) mass is 487 g/mol. The van der Waals surface area contributed by atoms with Crippen LogP contribution in [0.5, 0.6) is 0 Å². The number of nitrogen functional groups attached to an aromatic ring is 1. The molecule has 3 heterocycles. The molecule has 0 bridgehead atoms. The average molecular weight is 487 g/mol. The van der Waals surface area contributed by atoms with Crippen LogP contribution in [0, 0.1) is 11.2 Å². The largest absolute Gasteiger partial charge is 0.443 e. The standard InChI is InChI=1S/C22H17F4N7O2/c23-13-4-2-1-3-12(13)11-33-16(19-28-7-8-35-19)9-14(32-33)18-29-10-15(17(27)31-18)30-20(34)21(5-6-21)22(24,25)26/h1-4,7-10H,5-6,11H2,(H,30,34)(H2,27,29,31). The van der Waals surface area contributed by atoms with Gasteiger partial charge in [-0.1, -0.05) is 18.2 Å². The van der Waals surface area contributed by atoms with Crippen LogP contribution in [0.1, 0.15) is 18.4 Å². The first-order chi connectivity index (χ1) is 16.7. The van der Waals surface area contributed by atoms with Gasteiger partial charge in [0.2, 0.25) is 11.8 Å². The molecule has 1 aliphatic rings. The maximum Gasteiger partial charge on any atom is 0.403 e. The smallest absolute Gasteiger partial charge is 0.403 e. The molecule has 35 heavy (non-hydrogen) atoms. The third kappa shape index (κ3) is 4.09. The molecule has 1 fully saturated rings. The van der Waals surface area contributed by atoms with E-state index in [1.165, 1.54) is 23.2 Å². The number of alkyl halides is 3. The van der Waals surface area contributed by atoms with E-state index in [1.807, 2.05) is 0 Å². The maximum absolute atomic E-state index is 14.2. The van der Waals surface area contributed by atoms with E-state index in [9.17, 15) is 22.4 Å². The predicted octanol–water partition coefficient (Wildman–Crippen LogP) is 4.05. The highest BCUT2D eigenvalue weighted by Gasteiger charge is 2.68. The molecule has 0 aliphatic heterocycles. The number of hydrogen-bond acceptors (Lipinski definition) is 7. The van der Waals surface area contributed by atoms with Crippen molar-refractivity contribution in [3.8, 4) is 23.1 Å². The van der Waals surface area contributed by atoms with Gasteiger partial charge in [-0.2, -0.15) is 18.3 Å². The molecule has 1 aromatic carbocycles. The Kier molecular flexibility index (Phi) is 5.26. The van der Waals surface area contributed by atoms with E-state index in [0.717, 1.165) is 6.20 Å². The van der Waals surface area contributed by atoms with E-state index in [0.29, 0.717) is 11.3 Å². The summed E-state index contributed by atoms with van der Waals surface area (Å²) in [5.41, 5.74) is 4.36. The summed E-state index contributed by atoms with van der Waals surface area (Å²) in [7, 11) is 0. The van der Waals surface area contributed by atoms with Gasteiger partial charge in [-0.25, -0.2) is 19.3 Å². The molecule has 5 rings (SSSR count). The third-order valence-corrected chi connectivity index (χ3v) is 5.73. The molecule has 0 atom stereocenters. The first-order valence-electron chi connectivity index (χ1n) is 10.4. The van der Waals surface area contributed by atoms with Gasteiger partial charge in [0, 0.05) is 11.6 Å². The van der Waals surface area contributed by atoms with Crippen molar-refractivity contribution in [3.63, 3.8) is 0 Å². The summed E-state index contributed by atoms with van der Waals surface area (Å²) in [5, 5.41) is 6.59. The zero-order valence-corrected chi connectivity index (χ0v) is 17.9. The number of aromatic nitrogens is 5. The SMILES string of the molecule is Nc1nc(-c2cc(-c3ncco3)n(Cc3ccccc3F)n2)ncc1NC(=O)C1(C(F)(F)F)CC1. The molecule has 0 spiro atoms. The number of amides is 1. The van der Waals surface area contributed by atoms with Crippen LogP contribution in [0.3, 0.4) is 0 Å². The lowest BCUT2D eigenvalue weighted by atomic mass is 10.1. The Labute approximate surface area is 195 Å². The van der Waals surface area contributed by atoms with E-state index < -0.39 is 23.3 Å². The summed E-state index contributed by atoms with van der Waals surface area (Å²) >= 11 is 0. The Morgan fingerprint density at radius 1 is 1.23 bits per heavy atom. The number of halogens is 4. The number of rotatable bonds is 6. The summed E-state index contributed by atoms with van der Waals surface area (Å²) in [4.78, 5) is 24.5. The number of anilines is 2. The second-order valence-corrected chi connectivity index (χ2v) is 8.03. The first kappa shape index (κ1) is 22.5. The number of hydrogen-bond donors (Lipinski definition) is 2. The predicted molar refractivity (Wildman–Crippen MR) is 115 cm³/mol. The molecule has 3 N–H and O–H groups in total. The normalized spacial score (nSPS) is 14.6. The fraction of sp³-hybridized carbons (Fsp3) is 0.227. The van der Waals surface area contributed by atoms with Crippen molar-refractivity contribution in [2.45, 2.75) is 25.6 Å². The Morgan fingerprint density at radius 2 is 2.00 bits per heavy atom. The van der Waals surface area contributed by atoms with E-state index in [-0.39, 0.29) is 48.3 Å². The van der Waals surface area contributed by atoms with Crippen LogP contribution in [0.25, 0.3) is 23.1 Å². The van der Waals surface area contributed by atoms with Crippen molar-refractivity contribution in [2.75, 3.05) is 11.1 Å². The minimum absolute atomic E-state index is 0.0394. The number of carbonyl (C=O) groups is 1. The summed E-state index contributed by atoms with van der Waals surface area (Å²) < 4.78 is 60.6. The van der Waals surface area contributed by atoms with E-state index in [2.05, 4.69) is 25.4 Å². The van der Waals surface area contributed by atoms with Crippen LogP contribution in [0.4, 0.5) is 29.1 Å². The number of benzene rings is 1. The lowest BCUT2D eigenvalue weighted by molar-refractivity contribution is -0.189. The Morgan fingerprint density at radius 3 is 2.63 bits per heavy atom. The van der Waals surface area contributed by atoms with Crippen LogP contribution in [-0.4, -0.2) is 36.8 Å². The van der Waals surface area contributed by atoms with Crippen LogP contribution >= 0.6 is 0 Å². The number of nitrogens with two attached hydrogens (primary N) is 1. The lowest BCUT2D eigenvalue weighted by Crippen LogP contribution is -2.37. The third-order valence-electron chi connectivity index (χ3n) is 5.73. The van der Waals surface area contributed by atoms with Gasteiger partial charge in [-0.05, 0) is 18.9 Å². The summed E-state index contributed by atoms with van der Waals surface area (Å²) in [6, 6.07) is 7.75. The summed E-state index contributed by atoms with van der Waals surface area (Å²) in [6.07, 6.45) is -1.31. The number of nitrogens with zero attached hydrogens (tertiary/aromatic N) is 5. The fourth-order valence-electron chi connectivity index (χ4n) is 3.58. The Hall–Kier alpha value is -4.29. The van der Waals surface area contributed by atoms with Gasteiger partial charge in [0.15, 0.2) is 11.6 Å². The maximum atomic E-state index is 14.2. The Balaban J connectivity index is 1.44. The molecule has 13 heteroatoms. The van der Waals surface area contributed by atoms with E-state index in [1.54, 1.807) is 24.3 Å². The quantitative estimate of drug-likeness (QED) is 0.393. The molecule has 0 saturated heterocycles. The lowest BCUT2D eigenvalue weighted by Gasteiger charge is -2.18. The van der Waals surface area contributed by atoms with Crippen LogP contribution in [0.15, 0.2) is 53.4 Å². The van der Waals surface area contributed by atoms with Gasteiger partial charge in [-0.15, -0.1) is 0 Å². The molecular weight excluding hydrogens is 470 g/mol. The van der Waals surface area contributed by atoms with Gasteiger partial charge in [-0.3, -0.25) is 9.48 Å². The van der Waals surface area contributed by atoms with Crippen molar-refractivity contribution >= 4 is 17.4 Å². The minimum Gasteiger partial charge on any atom is -0.443 e. The number of oxazole rings is 1. The molecular formula is C22H17F4N7O2. The minimum atomic E-state index is -4.66. The second kappa shape index (κ2) is 8.18. The molecule has 0 unspecified atom stereocenters. The van der Waals surface area contributed by atoms with Gasteiger partial charge < -0.3 is 15.5 Å². The molecule has 1 saturated carbocycles. The molecule has 0 radical (unpaired) electrons. The van der Waals surface area contributed by atoms with Gasteiger partial charge >= 0.3 is 6.18 Å². The molecule has 1 aliphatic carbocycles. The summed E-state index contributed by atoms with van der Waals surface area (Å²) in [6.45, 7) is 0.0491. The highest BCUT2D eigenvalue weighted by molar-refractivity contribution is 5.99. The Bertz CT molecular complexity index is 1400. The van der Waals surface area contributed by atoms with Crippen molar-refractivity contribution in [3.05, 3.63) is 60.4 Å². The number of carbonyl (C=O) groups excluding carboxylic acids is 1. The zero-order valence-electron chi connectivity index (χ0n) is 17.9. The zero-order chi connectivity index (χ0) is 24.8. The first-order valence-corrected chi connectivity index (χ1v) is 10.4. The molecule has 4 aromatic rings. The molecule has 3 aromatic heterocycles. The average Bonchev–Trinajstić information content (AvgIpc) is 3.28. The molecule has 180 valence electrons. The van der Waals surface area contributed by atoms with E-state index in [4.69, 9.17) is 10.2 Å². The summed E-state index contributed by atoms with van der Waals surface area (Å²) in [5.74, 6) is -1.59. The molecule has 9 nitrogen and oxygen atoms in total. The topological polar surface area (TPSA) is 125 Å². The molecule has 1 amide bonds. The van der Waals surface area contributed by atoms with Gasteiger partial charge in [0.05, 0.1) is 18.9 Å². The second-order valence-electron chi connectivity index (χ2n) is 8.03. The van der Waals surface area contributed by atoms with Crippen LogP contribution in [0.2, 0.25) is 0 Å². The van der Waals surface area contributed by atoms with Gasteiger partial charge in [0.25, 0.3) is 0 Å². The van der Waals surface area contributed by atoms with Crippen molar-refractivity contribution in [1.29, 1.82) is 0 Å². The number of nitrogens with one attached hydrogen (secondary N) is 1.